The first-order valence-electron chi connectivity index (χ1n) is 14.9. The van der Waals surface area contributed by atoms with Crippen molar-refractivity contribution in [3.63, 3.8) is 0 Å². The van der Waals surface area contributed by atoms with E-state index in [-0.39, 0.29) is 16.3 Å². The number of ether oxygens (including phenoxy) is 1. The van der Waals surface area contributed by atoms with Crippen LogP contribution in [0.15, 0.2) is 23.1 Å². The molecule has 1 aromatic rings. The summed E-state index contributed by atoms with van der Waals surface area (Å²) >= 11 is 6.15. The molecule has 0 fully saturated rings. The van der Waals surface area contributed by atoms with Crippen LogP contribution in [0.1, 0.15) is 125 Å². The average Bonchev–Trinajstić information content (AvgIpc) is 2.89. The van der Waals surface area contributed by atoms with Gasteiger partial charge in [0.05, 0.1) is 22.9 Å². The Morgan fingerprint density at radius 3 is 1.79 bits per heavy atom. The molecule has 0 bridgehead atoms. The van der Waals surface area contributed by atoms with Crippen LogP contribution >= 0.6 is 11.6 Å². The van der Waals surface area contributed by atoms with Gasteiger partial charge in [0.2, 0.25) is 5.91 Å². The van der Waals surface area contributed by atoms with Gasteiger partial charge >= 0.3 is 0 Å². The molecule has 39 heavy (non-hydrogen) atoms. The predicted molar refractivity (Wildman–Crippen MR) is 163 cm³/mol. The summed E-state index contributed by atoms with van der Waals surface area (Å²) in [5, 5.41) is 1.23. The topological polar surface area (TPSA) is 89.5 Å². The lowest BCUT2D eigenvalue weighted by molar-refractivity contribution is -0.130. The average molecular weight is 586 g/mol. The molecular formula is C31H52ClNO5S. The Bertz CT molecular complexity index is 972. The van der Waals surface area contributed by atoms with E-state index in [2.05, 4.69) is 12.2 Å². The van der Waals surface area contributed by atoms with Crippen molar-refractivity contribution in [2.75, 3.05) is 17.7 Å². The minimum absolute atomic E-state index is 0.0692. The Kier molecular flexibility index (Phi) is 17.0. The maximum Gasteiger partial charge on any atom is 0.250 e. The SMILES string of the molecule is CCCCCCCCCCCCCCCCOc1ccc(S(=O)(=O)CC)cc1NC(=O)C(Cl)C(=O)C(C)(C)C. The number of amides is 1. The molecule has 224 valence electrons. The molecule has 1 atom stereocenters. The summed E-state index contributed by atoms with van der Waals surface area (Å²) in [6, 6.07) is 4.41. The Hall–Kier alpha value is -1.60. The van der Waals surface area contributed by atoms with Crippen molar-refractivity contribution in [3.8, 4) is 5.75 Å². The minimum Gasteiger partial charge on any atom is -0.491 e. The highest BCUT2D eigenvalue weighted by Gasteiger charge is 2.33. The third kappa shape index (κ3) is 14.0. The summed E-state index contributed by atoms with van der Waals surface area (Å²) in [7, 11) is -3.49. The number of carbonyl (C=O) groups is 2. The fraction of sp³-hybridized carbons (Fsp3) is 0.742. The highest BCUT2D eigenvalue weighted by atomic mass is 35.5. The Labute approximate surface area is 242 Å². The molecule has 0 radical (unpaired) electrons. The predicted octanol–water partition coefficient (Wildman–Crippen LogP) is 8.50. The molecule has 0 aliphatic carbocycles. The number of benzene rings is 1. The zero-order chi connectivity index (χ0) is 29.3. The lowest BCUT2D eigenvalue weighted by atomic mass is 9.88. The highest BCUT2D eigenvalue weighted by molar-refractivity contribution is 7.91. The number of anilines is 1. The molecule has 1 rings (SSSR count). The van der Waals surface area contributed by atoms with Gasteiger partial charge in [0.15, 0.2) is 21.0 Å². The molecule has 0 aliphatic rings. The molecule has 6 nitrogen and oxygen atoms in total. The number of ketones is 1. The van der Waals surface area contributed by atoms with Gasteiger partial charge in [0.1, 0.15) is 5.75 Å². The van der Waals surface area contributed by atoms with E-state index in [1.165, 1.54) is 82.8 Å². The number of Topliss-reactive ketones (excluding diaryl/α,β-unsaturated/α-hetero) is 1. The van der Waals surface area contributed by atoms with E-state index in [1.807, 2.05) is 0 Å². The zero-order valence-corrected chi connectivity index (χ0v) is 26.5. The van der Waals surface area contributed by atoms with Gasteiger partial charge in [-0.1, -0.05) is 118 Å². The van der Waals surface area contributed by atoms with Crippen molar-refractivity contribution in [2.45, 2.75) is 135 Å². The van der Waals surface area contributed by atoms with Crippen LogP contribution in [0.25, 0.3) is 0 Å². The van der Waals surface area contributed by atoms with Crippen molar-refractivity contribution < 1.29 is 22.7 Å². The highest BCUT2D eigenvalue weighted by Crippen LogP contribution is 2.30. The second-order valence-electron chi connectivity index (χ2n) is 11.5. The Morgan fingerprint density at radius 1 is 0.846 bits per heavy atom. The van der Waals surface area contributed by atoms with E-state index in [4.69, 9.17) is 16.3 Å². The van der Waals surface area contributed by atoms with Gasteiger partial charge in [-0.15, -0.1) is 11.6 Å². The molecule has 0 heterocycles. The number of unbranched alkanes of at least 4 members (excludes halogenated alkanes) is 13. The number of hydrogen-bond donors (Lipinski definition) is 1. The van der Waals surface area contributed by atoms with Gasteiger partial charge in [0.25, 0.3) is 0 Å². The van der Waals surface area contributed by atoms with Crippen LogP contribution in [0.2, 0.25) is 0 Å². The third-order valence-electron chi connectivity index (χ3n) is 6.90. The summed E-state index contributed by atoms with van der Waals surface area (Å²) in [4.78, 5) is 25.3. The monoisotopic (exact) mass is 585 g/mol. The first-order chi connectivity index (χ1) is 18.4. The number of halogens is 1. The van der Waals surface area contributed by atoms with Crippen LogP contribution in [-0.4, -0.2) is 37.8 Å². The van der Waals surface area contributed by atoms with E-state index in [1.54, 1.807) is 33.8 Å². The van der Waals surface area contributed by atoms with E-state index in [0.717, 1.165) is 19.3 Å². The van der Waals surface area contributed by atoms with Crippen LogP contribution < -0.4 is 10.1 Å². The van der Waals surface area contributed by atoms with Gasteiger partial charge < -0.3 is 10.1 Å². The van der Waals surface area contributed by atoms with E-state index in [0.29, 0.717) is 12.4 Å². The maximum absolute atomic E-state index is 12.7. The molecule has 1 N–H and O–H groups in total. The van der Waals surface area contributed by atoms with Gasteiger partial charge in [-0.3, -0.25) is 9.59 Å². The molecule has 0 aromatic heterocycles. The number of alkyl halides is 1. The molecule has 1 amide bonds. The summed E-state index contributed by atoms with van der Waals surface area (Å²) in [5.74, 6) is -0.826. The van der Waals surface area contributed by atoms with Gasteiger partial charge in [0, 0.05) is 5.41 Å². The zero-order valence-electron chi connectivity index (χ0n) is 25.0. The molecule has 0 saturated heterocycles. The largest absolute Gasteiger partial charge is 0.491 e. The molecule has 0 saturated carbocycles. The van der Waals surface area contributed by atoms with Crippen molar-refractivity contribution in [1.82, 2.24) is 0 Å². The molecule has 1 aromatic carbocycles. The van der Waals surface area contributed by atoms with E-state index >= 15 is 0 Å². The fourth-order valence-corrected chi connectivity index (χ4v) is 5.55. The number of hydrogen-bond acceptors (Lipinski definition) is 5. The van der Waals surface area contributed by atoms with Crippen LogP contribution in [0.4, 0.5) is 5.69 Å². The molecule has 8 heteroatoms. The third-order valence-corrected chi connectivity index (χ3v) is 9.03. The normalized spacial score (nSPS) is 12.8. The number of carbonyl (C=O) groups excluding carboxylic acids is 2. The smallest absolute Gasteiger partial charge is 0.250 e. The van der Waals surface area contributed by atoms with E-state index < -0.39 is 32.3 Å². The first-order valence-corrected chi connectivity index (χ1v) is 17.0. The Balaban J connectivity index is 2.51. The Morgan fingerprint density at radius 2 is 1.33 bits per heavy atom. The van der Waals surface area contributed by atoms with Crippen LogP contribution in [0.5, 0.6) is 5.75 Å². The van der Waals surface area contributed by atoms with Crippen molar-refractivity contribution in [1.29, 1.82) is 0 Å². The lowest BCUT2D eigenvalue weighted by Crippen LogP contribution is -2.37. The quantitative estimate of drug-likeness (QED) is 0.0887. The summed E-state index contributed by atoms with van der Waals surface area (Å²) < 4.78 is 30.7. The molecular weight excluding hydrogens is 534 g/mol. The van der Waals surface area contributed by atoms with Crippen LogP contribution in [0, 0.1) is 5.41 Å². The number of rotatable bonds is 21. The number of nitrogens with one attached hydrogen (secondary N) is 1. The van der Waals surface area contributed by atoms with Gasteiger partial charge in [-0.2, -0.15) is 0 Å². The van der Waals surface area contributed by atoms with Gasteiger partial charge in [-0.05, 0) is 24.6 Å². The van der Waals surface area contributed by atoms with Crippen LogP contribution in [0.3, 0.4) is 0 Å². The standard InChI is InChI=1S/C31H52ClNO5S/c1-6-8-9-10-11-12-13-14-15-16-17-18-19-20-23-38-27-22-21-25(39(36,37)7-2)24-26(27)33-30(35)28(32)29(34)31(3,4)5/h21-22,24,28H,6-20,23H2,1-5H3,(H,33,35). The summed E-state index contributed by atoms with van der Waals surface area (Å²) in [6.45, 7) is 9.34. The van der Waals surface area contributed by atoms with Gasteiger partial charge in [-0.25, -0.2) is 8.42 Å². The molecule has 0 spiro atoms. The molecule has 1 unspecified atom stereocenters. The van der Waals surface area contributed by atoms with Crippen molar-refractivity contribution in [3.05, 3.63) is 18.2 Å². The number of sulfone groups is 1. The van der Waals surface area contributed by atoms with Crippen molar-refractivity contribution in [2.24, 2.45) is 5.41 Å². The van der Waals surface area contributed by atoms with Crippen molar-refractivity contribution >= 4 is 38.8 Å². The van der Waals surface area contributed by atoms with Crippen LogP contribution in [-0.2, 0) is 19.4 Å². The lowest BCUT2D eigenvalue weighted by Gasteiger charge is -2.21. The second-order valence-corrected chi connectivity index (χ2v) is 14.2. The fourth-order valence-electron chi connectivity index (χ4n) is 4.27. The second kappa shape index (κ2) is 18.7. The summed E-state index contributed by atoms with van der Waals surface area (Å²) in [6.07, 6.45) is 17.7. The molecule has 0 aliphatic heterocycles. The maximum atomic E-state index is 12.7. The summed E-state index contributed by atoms with van der Waals surface area (Å²) in [5.41, 5.74) is -0.586. The first kappa shape index (κ1) is 35.4. The van der Waals surface area contributed by atoms with E-state index in [9.17, 15) is 18.0 Å². The minimum atomic E-state index is -3.49.